The number of nitrogens with zero attached hydrogens (tertiary/aromatic N) is 1. The van der Waals surface area contributed by atoms with E-state index in [9.17, 15) is 9.59 Å². The van der Waals surface area contributed by atoms with Gasteiger partial charge in [0.05, 0.1) is 0 Å². The van der Waals surface area contributed by atoms with Gasteiger partial charge < -0.3 is 25.7 Å². The van der Waals surface area contributed by atoms with E-state index >= 15 is 0 Å². The van der Waals surface area contributed by atoms with Gasteiger partial charge in [0.25, 0.3) is 0 Å². The summed E-state index contributed by atoms with van der Waals surface area (Å²) in [4.78, 5) is 24.2. The van der Waals surface area contributed by atoms with Gasteiger partial charge in [0, 0.05) is 25.1 Å². The lowest BCUT2D eigenvalue weighted by Gasteiger charge is -2.32. The van der Waals surface area contributed by atoms with E-state index < -0.39 is 18.0 Å². The molecule has 0 saturated carbocycles. The molecule has 0 rings (SSSR count). The lowest BCUT2D eigenvalue weighted by Crippen LogP contribution is -2.53. The van der Waals surface area contributed by atoms with Crippen molar-refractivity contribution in [3.63, 3.8) is 0 Å². The van der Waals surface area contributed by atoms with Crippen molar-refractivity contribution in [1.29, 1.82) is 0 Å². The third-order valence-corrected chi connectivity index (χ3v) is 2.91. The first-order valence-corrected chi connectivity index (χ1v) is 5.76. The first kappa shape index (κ1) is 16.7. The van der Waals surface area contributed by atoms with Gasteiger partial charge in [-0.2, -0.15) is 0 Å². The van der Waals surface area contributed by atoms with Gasteiger partial charge >= 0.3 is 12.0 Å². The molecule has 4 N–H and O–H groups in total. The number of carboxylic acid groups (broad SMARTS) is 1. The first-order chi connectivity index (χ1) is 8.20. The molecule has 0 bridgehead atoms. The Bertz CT molecular complexity index is 292. The molecule has 0 heterocycles. The Morgan fingerprint density at radius 3 is 2.28 bits per heavy atom. The summed E-state index contributed by atoms with van der Waals surface area (Å²) in [7, 11) is 3.79. The van der Waals surface area contributed by atoms with Crippen molar-refractivity contribution >= 4 is 12.0 Å². The maximum Gasteiger partial charge on any atom is 0.326 e. The van der Waals surface area contributed by atoms with Crippen molar-refractivity contribution in [3.8, 4) is 0 Å². The standard InChI is InChI=1S/C11H23N3O4/c1-11(2,14(3)4)7-12-10(18)13-8(5-6-15)9(16)17/h8,15H,5-7H2,1-4H3,(H,16,17)(H2,12,13,18)/t8-/m1/s1. The highest BCUT2D eigenvalue weighted by Crippen LogP contribution is 2.07. The quantitative estimate of drug-likeness (QED) is 0.493. The largest absolute Gasteiger partial charge is 0.480 e. The molecule has 0 saturated heterocycles. The van der Waals surface area contributed by atoms with Crippen LogP contribution in [0.2, 0.25) is 0 Å². The van der Waals surface area contributed by atoms with Crippen LogP contribution in [0.4, 0.5) is 4.79 Å². The highest BCUT2D eigenvalue weighted by atomic mass is 16.4. The summed E-state index contributed by atoms with van der Waals surface area (Å²) >= 11 is 0. The zero-order valence-corrected chi connectivity index (χ0v) is 11.4. The predicted octanol–water partition coefficient (Wildman–Crippen LogP) is -0.539. The number of carbonyl (C=O) groups excluding carboxylic acids is 1. The summed E-state index contributed by atoms with van der Waals surface area (Å²) in [5.41, 5.74) is -0.229. The molecule has 2 amide bonds. The summed E-state index contributed by atoms with van der Waals surface area (Å²) in [5, 5.41) is 22.4. The number of carboxylic acids is 1. The van der Waals surface area contributed by atoms with E-state index in [0.717, 1.165) is 0 Å². The van der Waals surface area contributed by atoms with Gasteiger partial charge in [0.2, 0.25) is 0 Å². The van der Waals surface area contributed by atoms with Gasteiger partial charge in [0.15, 0.2) is 0 Å². The van der Waals surface area contributed by atoms with Crippen LogP contribution < -0.4 is 10.6 Å². The summed E-state index contributed by atoms with van der Waals surface area (Å²) in [6.07, 6.45) is -0.0141. The SMILES string of the molecule is CN(C)C(C)(C)CNC(=O)N[C@H](CCO)C(=O)O. The number of aliphatic hydroxyl groups excluding tert-OH is 1. The molecular formula is C11H23N3O4. The minimum absolute atomic E-state index is 0.0141. The van der Waals surface area contributed by atoms with E-state index in [2.05, 4.69) is 10.6 Å². The van der Waals surface area contributed by atoms with E-state index in [4.69, 9.17) is 10.2 Å². The predicted molar refractivity (Wildman–Crippen MR) is 67.4 cm³/mol. The molecular weight excluding hydrogens is 238 g/mol. The fourth-order valence-corrected chi connectivity index (χ4v) is 1.05. The molecule has 0 unspecified atom stereocenters. The highest BCUT2D eigenvalue weighted by Gasteiger charge is 2.23. The minimum atomic E-state index is -1.16. The third-order valence-electron chi connectivity index (χ3n) is 2.91. The molecule has 1 atom stereocenters. The van der Waals surface area contributed by atoms with E-state index in [1.54, 1.807) is 0 Å². The minimum Gasteiger partial charge on any atom is -0.480 e. The van der Waals surface area contributed by atoms with Crippen molar-refractivity contribution in [2.75, 3.05) is 27.2 Å². The van der Waals surface area contributed by atoms with Crippen molar-refractivity contribution < 1.29 is 19.8 Å². The molecule has 106 valence electrons. The Morgan fingerprint density at radius 2 is 1.89 bits per heavy atom. The van der Waals surface area contributed by atoms with Crippen LogP contribution in [0, 0.1) is 0 Å². The van der Waals surface area contributed by atoms with Crippen molar-refractivity contribution in [2.45, 2.75) is 31.8 Å². The Labute approximate surface area is 107 Å². The molecule has 0 aromatic rings. The molecule has 0 radical (unpaired) electrons. The summed E-state index contributed by atoms with van der Waals surface area (Å²) in [5.74, 6) is -1.16. The van der Waals surface area contributed by atoms with Gasteiger partial charge in [-0.05, 0) is 27.9 Å². The van der Waals surface area contributed by atoms with Crippen LogP contribution in [0.1, 0.15) is 20.3 Å². The van der Waals surface area contributed by atoms with Crippen molar-refractivity contribution in [3.05, 3.63) is 0 Å². The van der Waals surface area contributed by atoms with Gasteiger partial charge in [-0.3, -0.25) is 0 Å². The van der Waals surface area contributed by atoms with E-state index in [0.29, 0.717) is 6.54 Å². The van der Waals surface area contributed by atoms with Gasteiger partial charge in [-0.15, -0.1) is 0 Å². The molecule has 0 spiro atoms. The van der Waals surface area contributed by atoms with Crippen LogP contribution in [0.15, 0.2) is 0 Å². The molecule has 0 aromatic heterocycles. The molecule has 18 heavy (non-hydrogen) atoms. The Morgan fingerprint density at radius 1 is 1.33 bits per heavy atom. The highest BCUT2D eigenvalue weighted by molar-refractivity contribution is 5.82. The van der Waals surface area contributed by atoms with E-state index in [1.807, 2.05) is 32.8 Å². The number of aliphatic carboxylic acids is 1. The molecule has 0 fully saturated rings. The first-order valence-electron chi connectivity index (χ1n) is 5.76. The average molecular weight is 261 g/mol. The number of hydrogen-bond acceptors (Lipinski definition) is 4. The zero-order valence-electron chi connectivity index (χ0n) is 11.4. The number of urea groups is 1. The van der Waals surface area contributed by atoms with Crippen LogP contribution in [0.5, 0.6) is 0 Å². The number of carbonyl (C=O) groups is 2. The van der Waals surface area contributed by atoms with E-state index in [1.165, 1.54) is 0 Å². The van der Waals surface area contributed by atoms with Crippen LogP contribution in [0.25, 0.3) is 0 Å². The Kier molecular flexibility index (Phi) is 6.64. The molecule has 0 aliphatic heterocycles. The lowest BCUT2D eigenvalue weighted by molar-refractivity contribution is -0.139. The lowest BCUT2D eigenvalue weighted by atomic mass is 10.0. The second-order valence-corrected chi connectivity index (χ2v) is 4.94. The topological polar surface area (TPSA) is 102 Å². The van der Waals surface area contributed by atoms with Gasteiger partial charge in [-0.1, -0.05) is 0 Å². The molecule has 7 nitrogen and oxygen atoms in total. The molecule has 0 aromatic carbocycles. The number of hydrogen-bond donors (Lipinski definition) is 4. The van der Waals surface area contributed by atoms with Crippen molar-refractivity contribution in [1.82, 2.24) is 15.5 Å². The third kappa shape index (κ3) is 5.83. The smallest absolute Gasteiger partial charge is 0.326 e. The van der Waals surface area contributed by atoms with Crippen LogP contribution in [-0.4, -0.2) is 65.9 Å². The van der Waals surface area contributed by atoms with E-state index in [-0.39, 0.29) is 18.6 Å². The number of amides is 2. The number of likely N-dealkylation sites (N-methyl/N-ethyl adjacent to an activating group) is 1. The molecule has 0 aliphatic carbocycles. The van der Waals surface area contributed by atoms with Crippen LogP contribution in [-0.2, 0) is 4.79 Å². The summed E-state index contributed by atoms with van der Waals surface area (Å²) in [6.45, 7) is 4.00. The Hall–Kier alpha value is -1.34. The second-order valence-electron chi connectivity index (χ2n) is 4.94. The van der Waals surface area contributed by atoms with Crippen LogP contribution >= 0.6 is 0 Å². The maximum atomic E-state index is 11.5. The average Bonchev–Trinajstić information content (AvgIpc) is 2.25. The fraction of sp³-hybridized carbons (Fsp3) is 0.818. The summed E-state index contributed by atoms with van der Waals surface area (Å²) in [6, 6.07) is -1.62. The number of nitrogens with one attached hydrogen (secondary N) is 2. The second kappa shape index (κ2) is 7.17. The number of rotatable bonds is 7. The maximum absolute atomic E-state index is 11.5. The molecule has 0 aliphatic rings. The molecule has 7 heteroatoms. The Balaban J connectivity index is 4.22. The zero-order chi connectivity index (χ0) is 14.3. The van der Waals surface area contributed by atoms with Crippen LogP contribution in [0.3, 0.4) is 0 Å². The monoisotopic (exact) mass is 261 g/mol. The fourth-order valence-electron chi connectivity index (χ4n) is 1.05. The van der Waals surface area contributed by atoms with Crippen molar-refractivity contribution in [2.24, 2.45) is 0 Å². The normalized spacial score (nSPS) is 13.2. The summed E-state index contributed by atoms with van der Waals surface area (Å²) < 4.78 is 0. The number of aliphatic hydroxyl groups is 1. The van der Waals surface area contributed by atoms with Gasteiger partial charge in [-0.25, -0.2) is 9.59 Å². The van der Waals surface area contributed by atoms with Gasteiger partial charge in [0.1, 0.15) is 6.04 Å².